The predicted molar refractivity (Wildman–Crippen MR) is 111 cm³/mol. The van der Waals surface area contributed by atoms with Crippen LogP contribution >= 0.6 is 11.8 Å². The van der Waals surface area contributed by atoms with Gasteiger partial charge in [0.2, 0.25) is 11.8 Å². The van der Waals surface area contributed by atoms with Crippen LogP contribution in [-0.4, -0.2) is 36.5 Å². The molecule has 5 nitrogen and oxygen atoms in total. The summed E-state index contributed by atoms with van der Waals surface area (Å²) in [7, 11) is 1.64. The number of carbonyl (C=O) groups is 2. The van der Waals surface area contributed by atoms with E-state index in [4.69, 9.17) is 4.74 Å². The molecule has 0 aliphatic carbocycles. The topological polar surface area (TPSA) is 67.4 Å². The van der Waals surface area contributed by atoms with Gasteiger partial charge in [-0.25, -0.2) is 4.39 Å². The van der Waals surface area contributed by atoms with Gasteiger partial charge in [0, 0.05) is 12.2 Å². The largest absolute Gasteiger partial charge is 0.497 e. The van der Waals surface area contributed by atoms with E-state index in [0.29, 0.717) is 12.2 Å². The number of halogens is 1. The first kappa shape index (κ1) is 21.8. The van der Waals surface area contributed by atoms with Crippen LogP contribution in [0.5, 0.6) is 5.75 Å². The predicted octanol–water partition coefficient (Wildman–Crippen LogP) is 3.64. The van der Waals surface area contributed by atoms with E-state index in [2.05, 4.69) is 10.6 Å². The summed E-state index contributed by atoms with van der Waals surface area (Å²) in [5, 5.41) is 5.24. The van der Waals surface area contributed by atoms with Crippen molar-refractivity contribution in [3.8, 4) is 5.75 Å². The molecule has 2 amide bonds. The number of benzene rings is 2. The lowest BCUT2D eigenvalue weighted by Crippen LogP contribution is -2.32. The van der Waals surface area contributed by atoms with Crippen molar-refractivity contribution in [1.29, 1.82) is 0 Å². The van der Waals surface area contributed by atoms with Crippen molar-refractivity contribution in [3.05, 3.63) is 59.9 Å². The van der Waals surface area contributed by atoms with Crippen LogP contribution in [0.3, 0.4) is 0 Å². The highest BCUT2D eigenvalue weighted by molar-refractivity contribution is 8.01. The lowest BCUT2D eigenvalue weighted by Gasteiger charge is -2.12. The lowest BCUT2D eigenvalue weighted by atomic mass is 10.1. The minimum atomic E-state index is -0.357. The van der Waals surface area contributed by atoms with E-state index in [9.17, 15) is 14.0 Å². The average Bonchev–Trinajstić information content (AvgIpc) is 2.71. The molecule has 0 radical (unpaired) electrons. The maximum atomic E-state index is 12.9. The molecule has 0 spiro atoms. The van der Waals surface area contributed by atoms with Gasteiger partial charge in [0.1, 0.15) is 11.6 Å². The molecular formula is C21H25FN2O3S. The van der Waals surface area contributed by atoms with Gasteiger partial charge in [-0.05, 0) is 61.7 Å². The molecule has 0 aliphatic heterocycles. The van der Waals surface area contributed by atoms with E-state index in [1.165, 1.54) is 41.6 Å². The zero-order valence-electron chi connectivity index (χ0n) is 16.0. The zero-order valence-corrected chi connectivity index (χ0v) is 16.9. The summed E-state index contributed by atoms with van der Waals surface area (Å²) >= 11 is 1.26. The maximum absolute atomic E-state index is 12.9. The first-order valence-electron chi connectivity index (χ1n) is 9.05. The third kappa shape index (κ3) is 7.60. The number of thioether (sulfide) groups is 1. The van der Waals surface area contributed by atoms with Crippen molar-refractivity contribution in [2.75, 3.05) is 24.7 Å². The Hall–Kier alpha value is -2.54. The number of methoxy groups -OCH3 is 1. The van der Waals surface area contributed by atoms with Crippen molar-refractivity contribution in [2.45, 2.75) is 25.0 Å². The third-order valence-corrected chi connectivity index (χ3v) is 5.21. The fraction of sp³-hybridized carbons (Fsp3) is 0.333. The number of hydrogen-bond donors (Lipinski definition) is 2. The number of rotatable bonds is 10. The van der Waals surface area contributed by atoms with Crippen LogP contribution in [-0.2, 0) is 16.0 Å². The fourth-order valence-electron chi connectivity index (χ4n) is 2.45. The van der Waals surface area contributed by atoms with Crippen LogP contribution in [0.2, 0.25) is 0 Å². The summed E-state index contributed by atoms with van der Waals surface area (Å²) in [5.74, 6) is 0.304. The number of ether oxygens (including phenoxy) is 1. The maximum Gasteiger partial charge on any atom is 0.234 e. The standard InChI is InChI=1S/C21H25FN2O3S/c1-15(28-14-20(25)24-18-9-7-17(22)8-10-18)21(26)23-13-3-4-16-5-11-19(27-2)12-6-16/h5-12,15H,3-4,13-14H2,1-2H3,(H,23,26)(H,24,25). The molecule has 2 N–H and O–H groups in total. The molecule has 2 aromatic carbocycles. The van der Waals surface area contributed by atoms with E-state index < -0.39 is 0 Å². The molecular weight excluding hydrogens is 379 g/mol. The Morgan fingerprint density at radius 2 is 1.79 bits per heavy atom. The van der Waals surface area contributed by atoms with Crippen molar-refractivity contribution < 1.29 is 18.7 Å². The van der Waals surface area contributed by atoms with Crippen LogP contribution in [0, 0.1) is 5.82 Å². The van der Waals surface area contributed by atoms with Gasteiger partial charge in [0.05, 0.1) is 18.1 Å². The van der Waals surface area contributed by atoms with E-state index in [-0.39, 0.29) is 28.6 Å². The highest BCUT2D eigenvalue weighted by atomic mass is 32.2. The minimum Gasteiger partial charge on any atom is -0.497 e. The summed E-state index contributed by atoms with van der Waals surface area (Å²) in [6.45, 7) is 2.35. The summed E-state index contributed by atoms with van der Waals surface area (Å²) in [6.07, 6.45) is 1.70. The molecule has 0 saturated heterocycles. The Balaban J connectivity index is 1.62. The fourth-order valence-corrected chi connectivity index (χ4v) is 3.15. The number of hydrogen-bond acceptors (Lipinski definition) is 4. The second-order valence-electron chi connectivity index (χ2n) is 6.25. The molecule has 0 aromatic heterocycles. The second-order valence-corrected chi connectivity index (χ2v) is 7.58. The van der Waals surface area contributed by atoms with Crippen LogP contribution in [0.1, 0.15) is 18.9 Å². The molecule has 0 heterocycles. The molecule has 7 heteroatoms. The van der Waals surface area contributed by atoms with Crippen LogP contribution in [0.4, 0.5) is 10.1 Å². The van der Waals surface area contributed by atoms with Crippen LogP contribution in [0.15, 0.2) is 48.5 Å². The van der Waals surface area contributed by atoms with E-state index in [1.54, 1.807) is 14.0 Å². The molecule has 150 valence electrons. The molecule has 2 rings (SSSR count). The molecule has 2 aromatic rings. The molecule has 0 saturated carbocycles. The second kappa shape index (κ2) is 11.3. The number of anilines is 1. The van der Waals surface area contributed by atoms with Gasteiger partial charge in [0.25, 0.3) is 0 Å². The van der Waals surface area contributed by atoms with E-state index in [1.807, 2.05) is 24.3 Å². The summed E-state index contributed by atoms with van der Waals surface area (Å²) in [5.41, 5.74) is 1.72. The summed E-state index contributed by atoms with van der Waals surface area (Å²) in [6, 6.07) is 13.4. The zero-order chi connectivity index (χ0) is 20.4. The van der Waals surface area contributed by atoms with Gasteiger partial charge in [0.15, 0.2) is 0 Å². The first-order valence-corrected chi connectivity index (χ1v) is 10.1. The van der Waals surface area contributed by atoms with Crippen molar-refractivity contribution in [1.82, 2.24) is 5.32 Å². The van der Waals surface area contributed by atoms with Crippen molar-refractivity contribution in [2.24, 2.45) is 0 Å². The highest BCUT2D eigenvalue weighted by Crippen LogP contribution is 2.14. The Kier molecular flexibility index (Phi) is 8.81. The normalized spacial score (nSPS) is 11.5. The van der Waals surface area contributed by atoms with E-state index >= 15 is 0 Å². The van der Waals surface area contributed by atoms with Gasteiger partial charge in [-0.2, -0.15) is 0 Å². The molecule has 0 fully saturated rings. The highest BCUT2D eigenvalue weighted by Gasteiger charge is 2.14. The van der Waals surface area contributed by atoms with Gasteiger partial charge in [-0.1, -0.05) is 12.1 Å². The summed E-state index contributed by atoms with van der Waals surface area (Å²) < 4.78 is 18.0. The van der Waals surface area contributed by atoms with Gasteiger partial charge in [-0.3, -0.25) is 9.59 Å². The number of aryl methyl sites for hydroxylation is 1. The van der Waals surface area contributed by atoms with Crippen LogP contribution in [0.25, 0.3) is 0 Å². The Morgan fingerprint density at radius 1 is 1.11 bits per heavy atom. The quantitative estimate of drug-likeness (QED) is 0.593. The van der Waals surface area contributed by atoms with Gasteiger partial charge < -0.3 is 15.4 Å². The Morgan fingerprint density at radius 3 is 2.43 bits per heavy atom. The average molecular weight is 405 g/mol. The molecule has 1 unspecified atom stereocenters. The minimum absolute atomic E-state index is 0.0886. The Bertz CT molecular complexity index is 766. The lowest BCUT2D eigenvalue weighted by molar-refractivity contribution is -0.120. The smallest absolute Gasteiger partial charge is 0.234 e. The monoisotopic (exact) mass is 404 g/mol. The SMILES string of the molecule is COc1ccc(CCCNC(=O)C(C)SCC(=O)Nc2ccc(F)cc2)cc1. The number of carbonyl (C=O) groups excluding carboxylic acids is 2. The third-order valence-electron chi connectivity index (χ3n) is 4.06. The van der Waals surface area contributed by atoms with Crippen molar-refractivity contribution in [3.63, 3.8) is 0 Å². The van der Waals surface area contributed by atoms with Gasteiger partial charge >= 0.3 is 0 Å². The Labute approximate surface area is 169 Å². The first-order chi connectivity index (χ1) is 13.5. The summed E-state index contributed by atoms with van der Waals surface area (Å²) in [4.78, 5) is 24.0. The number of nitrogens with one attached hydrogen (secondary N) is 2. The molecule has 0 bridgehead atoms. The molecule has 1 atom stereocenters. The molecule has 0 aliphatic rings. The van der Waals surface area contributed by atoms with Gasteiger partial charge in [-0.15, -0.1) is 11.8 Å². The number of amides is 2. The van der Waals surface area contributed by atoms with E-state index in [0.717, 1.165) is 18.6 Å². The molecule has 28 heavy (non-hydrogen) atoms. The van der Waals surface area contributed by atoms with Crippen LogP contribution < -0.4 is 15.4 Å². The van der Waals surface area contributed by atoms with Crippen molar-refractivity contribution >= 4 is 29.3 Å².